The number of benzene rings is 1. The number of fused-ring (bicyclic) bond motifs is 1. The number of nitro groups is 1. The van der Waals surface area contributed by atoms with Crippen molar-refractivity contribution >= 4 is 28.2 Å². The molecule has 2 heterocycles. The van der Waals surface area contributed by atoms with Crippen molar-refractivity contribution in [1.82, 2.24) is 10.3 Å². The minimum atomic E-state index is -0.383. The van der Waals surface area contributed by atoms with Crippen molar-refractivity contribution in [3.63, 3.8) is 0 Å². The average Bonchev–Trinajstić information content (AvgIpc) is 2.60. The molecule has 1 aromatic carbocycles. The second-order valence-corrected chi connectivity index (χ2v) is 5.64. The Hall–Kier alpha value is -2.70. The van der Waals surface area contributed by atoms with Crippen molar-refractivity contribution in [1.29, 1.82) is 0 Å². The molecule has 1 aromatic heterocycles. The van der Waals surface area contributed by atoms with Crippen molar-refractivity contribution < 1.29 is 9.72 Å². The van der Waals surface area contributed by atoms with E-state index in [1.165, 1.54) is 6.07 Å². The van der Waals surface area contributed by atoms with Crippen LogP contribution < -0.4 is 10.2 Å². The van der Waals surface area contributed by atoms with Gasteiger partial charge in [-0.15, -0.1) is 0 Å². The zero-order valence-corrected chi connectivity index (χ0v) is 12.9. The molecule has 7 heteroatoms. The number of anilines is 1. The second-order valence-electron chi connectivity index (χ2n) is 5.64. The van der Waals surface area contributed by atoms with Crippen LogP contribution in [0, 0.1) is 16.0 Å². The summed E-state index contributed by atoms with van der Waals surface area (Å²) < 4.78 is 0. The van der Waals surface area contributed by atoms with Gasteiger partial charge < -0.3 is 10.2 Å². The third-order valence-electron chi connectivity index (χ3n) is 4.37. The fraction of sp³-hybridized carbons (Fsp3) is 0.375. The number of nitro benzene ring substituents is 1. The Morgan fingerprint density at radius 2 is 2.09 bits per heavy atom. The van der Waals surface area contributed by atoms with E-state index < -0.39 is 0 Å². The quantitative estimate of drug-likeness (QED) is 0.692. The third-order valence-corrected chi connectivity index (χ3v) is 4.37. The topological polar surface area (TPSA) is 88.4 Å². The van der Waals surface area contributed by atoms with Gasteiger partial charge in [0.2, 0.25) is 5.91 Å². The van der Waals surface area contributed by atoms with Crippen molar-refractivity contribution in [2.75, 3.05) is 25.0 Å². The molecule has 0 atom stereocenters. The molecule has 0 saturated carbocycles. The number of non-ortho nitro benzene ring substituents is 1. The number of nitrogens with zero attached hydrogens (tertiary/aromatic N) is 3. The number of nitrogens with one attached hydrogen (secondary N) is 1. The maximum Gasteiger partial charge on any atom is 0.278 e. The molecule has 3 rings (SSSR count). The van der Waals surface area contributed by atoms with Crippen LogP contribution in [-0.2, 0) is 4.79 Å². The van der Waals surface area contributed by atoms with E-state index in [4.69, 9.17) is 0 Å². The minimum Gasteiger partial charge on any atom is -0.370 e. The molecule has 0 bridgehead atoms. The summed E-state index contributed by atoms with van der Waals surface area (Å²) in [6, 6.07) is 6.72. The lowest BCUT2D eigenvalue weighted by atomic mass is 9.95. The largest absolute Gasteiger partial charge is 0.370 e. The number of rotatable bonds is 3. The lowest BCUT2D eigenvalue weighted by Gasteiger charge is -2.33. The van der Waals surface area contributed by atoms with Crippen molar-refractivity contribution in [2.24, 2.45) is 5.92 Å². The maximum atomic E-state index is 11.7. The summed E-state index contributed by atoms with van der Waals surface area (Å²) in [6.45, 7) is 1.48. The minimum absolute atomic E-state index is 0.0357. The fourth-order valence-electron chi connectivity index (χ4n) is 3.14. The molecule has 7 nitrogen and oxygen atoms in total. The van der Waals surface area contributed by atoms with Crippen LogP contribution in [0.15, 0.2) is 30.5 Å². The summed E-state index contributed by atoms with van der Waals surface area (Å²) >= 11 is 0. The predicted octanol–water partition coefficient (Wildman–Crippen LogP) is 2.11. The molecular weight excluding hydrogens is 296 g/mol. The Balaban J connectivity index is 1.91. The van der Waals surface area contributed by atoms with Crippen LogP contribution in [0.3, 0.4) is 0 Å². The number of carbonyl (C=O) groups excluding carboxylic acids is 1. The predicted molar refractivity (Wildman–Crippen MR) is 87.4 cm³/mol. The van der Waals surface area contributed by atoms with E-state index in [1.54, 1.807) is 31.4 Å². The van der Waals surface area contributed by atoms with E-state index in [-0.39, 0.29) is 22.4 Å². The first-order valence-corrected chi connectivity index (χ1v) is 7.60. The number of carbonyl (C=O) groups is 1. The van der Waals surface area contributed by atoms with Gasteiger partial charge in [-0.3, -0.25) is 19.9 Å². The summed E-state index contributed by atoms with van der Waals surface area (Å²) in [5, 5.41) is 14.4. The van der Waals surface area contributed by atoms with E-state index in [2.05, 4.69) is 15.2 Å². The summed E-state index contributed by atoms with van der Waals surface area (Å²) in [5.74, 6) is 0.116. The number of piperidine rings is 1. The summed E-state index contributed by atoms with van der Waals surface area (Å²) in [6.07, 6.45) is 3.18. The van der Waals surface area contributed by atoms with E-state index >= 15 is 0 Å². The Bertz CT molecular complexity index is 754. The van der Waals surface area contributed by atoms with Crippen LogP contribution in [0.25, 0.3) is 10.9 Å². The maximum absolute atomic E-state index is 11.7. The standard InChI is InChI=1S/C16H18N4O3/c1-17-16(21)11-6-9-19(10-7-11)14-5-4-13(20(22)23)12-3-2-8-18-15(12)14/h2-5,8,11H,6-7,9-10H2,1H3,(H,17,21). The van der Waals surface area contributed by atoms with Gasteiger partial charge in [0.25, 0.3) is 5.69 Å². The first-order chi connectivity index (χ1) is 11.1. The molecule has 1 fully saturated rings. The molecule has 2 aromatic rings. The SMILES string of the molecule is CNC(=O)C1CCN(c2ccc([N+](=O)[O-])c3cccnc23)CC1. The molecule has 23 heavy (non-hydrogen) atoms. The van der Waals surface area contributed by atoms with Crippen LogP contribution in [0.5, 0.6) is 0 Å². The molecule has 1 aliphatic rings. The molecule has 0 radical (unpaired) electrons. The molecule has 0 spiro atoms. The van der Waals surface area contributed by atoms with Crippen LogP contribution >= 0.6 is 0 Å². The highest BCUT2D eigenvalue weighted by Crippen LogP contribution is 2.33. The highest BCUT2D eigenvalue weighted by Gasteiger charge is 2.26. The number of pyridine rings is 1. The Kier molecular flexibility index (Phi) is 4.10. The van der Waals surface area contributed by atoms with Crippen LogP contribution in [0.4, 0.5) is 11.4 Å². The van der Waals surface area contributed by atoms with Gasteiger partial charge in [0, 0.05) is 38.3 Å². The molecule has 1 saturated heterocycles. The molecule has 120 valence electrons. The lowest BCUT2D eigenvalue weighted by Crippen LogP contribution is -2.39. The van der Waals surface area contributed by atoms with E-state index in [9.17, 15) is 14.9 Å². The van der Waals surface area contributed by atoms with Gasteiger partial charge in [0.05, 0.1) is 16.0 Å². The number of aromatic nitrogens is 1. The van der Waals surface area contributed by atoms with E-state index in [0.717, 1.165) is 31.6 Å². The van der Waals surface area contributed by atoms with Crippen LogP contribution in [0.1, 0.15) is 12.8 Å². The third kappa shape index (κ3) is 2.81. The molecule has 1 amide bonds. The zero-order valence-electron chi connectivity index (χ0n) is 12.9. The van der Waals surface area contributed by atoms with Gasteiger partial charge in [-0.1, -0.05) is 0 Å². The molecule has 0 aliphatic carbocycles. The summed E-state index contributed by atoms with van der Waals surface area (Å²) in [4.78, 5) is 29.0. The summed E-state index contributed by atoms with van der Waals surface area (Å²) in [5.41, 5.74) is 1.60. The Labute approximate surface area is 133 Å². The second kappa shape index (κ2) is 6.20. The Morgan fingerprint density at radius 1 is 1.35 bits per heavy atom. The fourth-order valence-corrected chi connectivity index (χ4v) is 3.14. The first kappa shape index (κ1) is 15.2. The van der Waals surface area contributed by atoms with Crippen LogP contribution in [-0.4, -0.2) is 36.0 Å². The van der Waals surface area contributed by atoms with Crippen molar-refractivity contribution in [3.8, 4) is 0 Å². The van der Waals surface area contributed by atoms with E-state index in [0.29, 0.717) is 10.9 Å². The number of hydrogen-bond donors (Lipinski definition) is 1. The molecule has 1 N–H and O–H groups in total. The first-order valence-electron chi connectivity index (χ1n) is 7.60. The Morgan fingerprint density at radius 3 is 2.74 bits per heavy atom. The number of amides is 1. The highest BCUT2D eigenvalue weighted by atomic mass is 16.6. The average molecular weight is 314 g/mol. The van der Waals surface area contributed by atoms with Gasteiger partial charge in [-0.05, 0) is 31.0 Å². The van der Waals surface area contributed by atoms with Crippen LogP contribution in [0.2, 0.25) is 0 Å². The summed E-state index contributed by atoms with van der Waals surface area (Å²) in [7, 11) is 1.66. The van der Waals surface area contributed by atoms with E-state index in [1.807, 2.05) is 0 Å². The van der Waals surface area contributed by atoms with Gasteiger partial charge in [0.15, 0.2) is 0 Å². The number of hydrogen-bond acceptors (Lipinski definition) is 5. The monoisotopic (exact) mass is 314 g/mol. The van der Waals surface area contributed by atoms with Crippen molar-refractivity contribution in [3.05, 3.63) is 40.6 Å². The van der Waals surface area contributed by atoms with Gasteiger partial charge in [-0.2, -0.15) is 0 Å². The van der Waals surface area contributed by atoms with Crippen molar-refractivity contribution in [2.45, 2.75) is 12.8 Å². The molecular formula is C16H18N4O3. The van der Waals surface area contributed by atoms with Gasteiger partial charge >= 0.3 is 0 Å². The lowest BCUT2D eigenvalue weighted by molar-refractivity contribution is -0.383. The highest BCUT2D eigenvalue weighted by molar-refractivity contribution is 5.97. The molecule has 0 unspecified atom stereocenters. The van der Waals surface area contributed by atoms with Gasteiger partial charge in [-0.25, -0.2) is 0 Å². The zero-order chi connectivity index (χ0) is 16.4. The molecule has 1 aliphatic heterocycles. The van der Waals surface area contributed by atoms with Gasteiger partial charge in [0.1, 0.15) is 5.52 Å². The smallest absolute Gasteiger partial charge is 0.278 e. The normalized spacial score (nSPS) is 15.6.